The molecule has 0 spiro atoms. The molecule has 2 heterocycles. The highest BCUT2D eigenvalue weighted by Crippen LogP contribution is 2.20. The number of hydrogen-bond acceptors (Lipinski definition) is 5. The Labute approximate surface area is 158 Å². The maximum absolute atomic E-state index is 12.5. The van der Waals surface area contributed by atoms with E-state index >= 15 is 0 Å². The first-order valence-electron chi connectivity index (χ1n) is 8.55. The number of nitriles is 1. The van der Waals surface area contributed by atoms with Crippen molar-refractivity contribution in [3.05, 3.63) is 23.4 Å². The molecule has 1 aromatic heterocycles. The van der Waals surface area contributed by atoms with Crippen LogP contribution in [-0.2, 0) is 9.59 Å². The van der Waals surface area contributed by atoms with E-state index in [1.54, 1.807) is 33.0 Å². The third-order valence-electron chi connectivity index (χ3n) is 4.70. The molecular weight excluding hydrogens is 354 g/mol. The molecule has 0 saturated carbocycles. The second-order valence-electron chi connectivity index (χ2n) is 7.05. The summed E-state index contributed by atoms with van der Waals surface area (Å²) in [6.45, 7) is 4.87. The number of nitrogens with zero attached hydrogens (tertiary/aromatic N) is 4. The van der Waals surface area contributed by atoms with Gasteiger partial charge in [-0.05, 0) is 45.4 Å². The molecule has 1 atom stereocenters. The van der Waals surface area contributed by atoms with E-state index in [1.807, 2.05) is 4.90 Å². The molecule has 1 aliphatic rings. The van der Waals surface area contributed by atoms with E-state index in [9.17, 15) is 9.59 Å². The molecule has 1 fully saturated rings. The Morgan fingerprint density at radius 3 is 2.85 bits per heavy atom. The molecule has 1 saturated heterocycles. The van der Waals surface area contributed by atoms with Gasteiger partial charge >= 0.3 is 0 Å². The average Bonchev–Trinajstić information content (AvgIpc) is 2.63. The Morgan fingerprint density at radius 1 is 1.50 bits per heavy atom. The normalized spacial score (nSPS) is 18.0. The lowest BCUT2D eigenvalue weighted by atomic mass is 9.97. The number of carbonyl (C=O) groups is 2. The molecule has 0 aromatic carbocycles. The Balaban J connectivity index is 1.92. The van der Waals surface area contributed by atoms with Crippen molar-refractivity contribution in [3.8, 4) is 6.07 Å². The smallest absolute Gasteiger partial charge is 0.237 e. The van der Waals surface area contributed by atoms with E-state index < -0.39 is 5.54 Å². The van der Waals surface area contributed by atoms with Crippen molar-refractivity contribution >= 4 is 29.2 Å². The lowest BCUT2D eigenvalue weighted by Crippen LogP contribution is -2.50. The Bertz CT molecular complexity index is 699. The summed E-state index contributed by atoms with van der Waals surface area (Å²) in [7, 11) is 1.63. The van der Waals surface area contributed by atoms with Crippen LogP contribution in [0.4, 0.5) is 5.82 Å². The highest BCUT2D eigenvalue weighted by Gasteiger charge is 2.31. The van der Waals surface area contributed by atoms with Gasteiger partial charge in [0, 0.05) is 19.8 Å². The van der Waals surface area contributed by atoms with Gasteiger partial charge in [0.05, 0.1) is 23.6 Å². The molecule has 7 nitrogen and oxygen atoms in total. The second-order valence-corrected chi connectivity index (χ2v) is 7.49. The van der Waals surface area contributed by atoms with Crippen LogP contribution in [0.5, 0.6) is 0 Å². The fraction of sp³-hybridized carbons (Fsp3) is 0.556. The van der Waals surface area contributed by atoms with Gasteiger partial charge in [-0.3, -0.25) is 14.5 Å². The van der Waals surface area contributed by atoms with Crippen LogP contribution in [0.2, 0.25) is 5.02 Å². The summed E-state index contributed by atoms with van der Waals surface area (Å²) >= 11 is 5.79. The third kappa shape index (κ3) is 5.16. The van der Waals surface area contributed by atoms with Crippen molar-refractivity contribution in [1.82, 2.24) is 14.8 Å². The van der Waals surface area contributed by atoms with Crippen LogP contribution in [0.3, 0.4) is 0 Å². The van der Waals surface area contributed by atoms with Crippen LogP contribution >= 0.6 is 11.6 Å². The van der Waals surface area contributed by atoms with Crippen molar-refractivity contribution < 1.29 is 9.59 Å². The standard InChI is InChI=1S/C18H24ClN5O2/c1-18(2,12-20)23(3)16(25)11-24-8-4-5-13(10-24)17(26)22-15-7-6-14(19)9-21-15/h6-7,9,13H,4-5,8,10-11H2,1-3H3,(H,21,22,26). The van der Waals surface area contributed by atoms with Crippen LogP contribution in [0.25, 0.3) is 0 Å². The molecule has 140 valence electrons. The molecule has 0 bridgehead atoms. The fourth-order valence-electron chi connectivity index (χ4n) is 2.78. The minimum absolute atomic E-state index is 0.109. The summed E-state index contributed by atoms with van der Waals surface area (Å²) in [4.78, 5) is 32.4. The van der Waals surface area contributed by atoms with Crippen LogP contribution in [-0.4, -0.2) is 58.8 Å². The van der Waals surface area contributed by atoms with Gasteiger partial charge in [-0.1, -0.05) is 11.6 Å². The number of amides is 2. The predicted octanol–water partition coefficient (Wildman–Crippen LogP) is 2.15. The first-order chi connectivity index (χ1) is 12.2. The van der Waals surface area contributed by atoms with Gasteiger partial charge in [0.25, 0.3) is 0 Å². The third-order valence-corrected chi connectivity index (χ3v) is 4.92. The minimum Gasteiger partial charge on any atom is -0.326 e. The molecule has 26 heavy (non-hydrogen) atoms. The second kappa shape index (κ2) is 8.47. The number of piperidine rings is 1. The van der Waals surface area contributed by atoms with E-state index in [4.69, 9.17) is 16.9 Å². The number of pyridine rings is 1. The topological polar surface area (TPSA) is 89.3 Å². The van der Waals surface area contributed by atoms with Crippen molar-refractivity contribution in [3.63, 3.8) is 0 Å². The lowest BCUT2D eigenvalue weighted by Gasteiger charge is -2.35. The first-order valence-corrected chi connectivity index (χ1v) is 8.93. The van der Waals surface area contributed by atoms with Crippen LogP contribution < -0.4 is 5.32 Å². The van der Waals surface area contributed by atoms with Gasteiger partial charge in [0.15, 0.2) is 0 Å². The van der Waals surface area contributed by atoms with Gasteiger partial charge in [-0.25, -0.2) is 4.98 Å². The molecule has 1 aromatic rings. The highest BCUT2D eigenvalue weighted by atomic mass is 35.5. The Hall–Kier alpha value is -2.17. The number of anilines is 1. The number of likely N-dealkylation sites (N-methyl/N-ethyl adjacent to an activating group) is 1. The van der Waals surface area contributed by atoms with E-state index in [0.29, 0.717) is 17.4 Å². The summed E-state index contributed by atoms with van der Waals surface area (Å²) < 4.78 is 0. The SMILES string of the molecule is CN(C(=O)CN1CCCC(C(=O)Nc2ccc(Cl)cn2)C1)C(C)(C)C#N. The maximum atomic E-state index is 12.5. The van der Waals surface area contributed by atoms with Crippen LogP contribution in [0.1, 0.15) is 26.7 Å². The molecule has 8 heteroatoms. The number of carbonyl (C=O) groups excluding carboxylic acids is 2. The lowest BCUT2D eigenvalue weighted by molar-refractivity contribution is -0.135. The predicted molar refractivity (Wildman–Crippen MR) is 99.5 cm³/mol. The van der Waals surface area contributed by atoms with Crippen LogP contribution in [0.15, 0.2) is 18.3 Å². The molecule has 0 radical (unpaired) electrons. The monoisotopic (exact) mass is 377 g/mol. The number of nitrogens with one attached hydrogen (secondary N) is 1. The number of likely N-dealkylation sites (tertiary alicyclic amines) is 1. The van der Waals surface area contributed by atoms with Gasteiger partial charge in [0.1, 0.15) is 11.4 Å². The molecule has 1 unspecified atom stereocenters. The number of rotatable bonds is 5. The number of hydrogen-bond donors (Lipinski definition) is 1. The summed E-state index contributed by atoms with van der Waals surface area (Å²) in [5.41, 5.74) is -0.857. The van der Waals surface area contributed by atoms with Gasteiger partial charge in [0.2, 0.25) is 11.8 Å². The molecular formula is C18H24ClN5O2. The summed E-state index contributed by atoms with van der Waals surface area (Å²) in [5.74, 6) is 0.0195. The van der Waals surface area contributed by atoms with E-state index in [0.717, 1.165) is 19.4 Å². The Morgan fingerprint density at radius 2 is 2.23 bits per heavy atom. The largest absolute Gasteiger partial charge is 0.326 e. The van der Waals surface area contributed by atoms with Gasteiger partial charge < -0.3 is 10.2 Å². The van der Waals surface area contributed by atoms with Crippen molar-refractivity contribution in [2.24, 2.45) is 5.92 Å². The summed E-state index contributed by atoms with van der Waals surface area (Å²) in [6.07, 6.45) is 3.09. The van der Waals surface area contributed by atoms with Crippen molar-refractivity contribution in [2.75, 3.05) is 32.0 Å². The first kappa shape index (κ1) is 20.1. The minimum atomic E-state index is -0.857. The van der Waals surface area contributed by atoms with Crippen molar-refractivity contribution in [2.45, 2.75) is 32.2 Å². The van der Waals surface area contributed by atoms with Gasteiger partial charge in [-0.2, -0.15) is 5.26 Å². The zero-order valence-electron chi connectivity index (χ0n) is 15.3. The zero-order chi connectivity index (χ0) is 19.3. The molecule has 1 N–H and O–H groups in total. The van der Waals surface area contributed by atoms with Crippen molar-refractivity contribution in [1.29, 1.82) is 5.26 Å². The van der Waals surface area contributed by atoms with Crippen LogP contribution in [0, 0.1) is 17.2 Å². The quantitative estimate of drug-likeness (QED) is 0.849. The molecule has 2 rings (SSSR count). The van der Waals surface area contributed by atoms with E-state index in [1.165, 1.54) is 11.1 Å². The molecule has 0 aliphatic carbocycles. The number of halogens is 1. The summed E-state index contributed by atoms with van der Waals surface area (Å²) in [6, 6.07) is 5.45. The fourth-order valence-corrected chi connectivity index (χ4v) is 2.89. The zero-order valence-corrected chi connectivity index (χ0v) is 16.1. The van der Waals surface area contributed by atoms with Gasteiger partial charge in [-0.15, -0.1) is 0 Å². The molecule has 2 amide bonds. The highest BCUT2D eigenvalue weighted by molar-refractivity contribution is 6.30. The Kier molecular flexibility index (Phi) is 6.57. The summed E-state index contributed by atoms with van der Waals surface area (Å²) in [5, 5.41) is 12.5. The van der Waals surface area contributed by atoms with E-state index in [-0.39, 0.29) is 24.3 Å². The van der Waals surface area contributed by atoms with E-state index in [2.05, 4.69) is 16.4 Å². The number of aromatic nitrogens is 1. The maximum Gasteiger partial charge on any atom is 0.237 e. The average molecular weight is 378 g/mol. The molecule has 1 aliphatic heterocycles.